The maximum Gasteiger partial charge on any atom is 0.410 e. The molecule has 2 rings (SSSR count). The third-order valence-corrected chi connectivity index (χ3v) is 4.16. The van der Waals surface area contributed by atoms with E-state index < -0.39 is 5.60 Å². The van der Waals surface area contributed by atoms with Crippen molar-refractivity contribution in [2.24, 2.45) is 0 Å². The molecular formula is C14H17BrClNO2. The molecule has 1 aromatic rings. The van der Waals surface area contributed by atoms with Crippen LogP contribution in [0.15, 0.2) is 22.7 Å². The zero-order chi connectivity index (χ0) is 14.2. The first-order valence-corrected chi connectivity index (χ1v) is 7.36. The molecule has 5 heteroatoms. The SMILES string of the molecule is CC(C)(C)OC(=O)N1CC(c2ccc(Cl)c(Br)c2)C1. The minimum atomic E-state index is -0.439. The summed E-state index contributed by atoms with van der Waals surface area (Å²) < 4.78 is 6.22. The van der Waals surface area contributed by atoms with E-state index in [2.05, 4.69) is 15.9 Å². The van der Waals surface area contributed by atoms with Crippen molar-refractivity contribution in [1.29, 1.82) is 0 Å². The van der Waals surface area contributed by atoms with Crippen LogP contribution in [0.25, 0.3) is 0 Å². The second-order valence-corrected chi connectivity index (χ2v) is 7.02. The van der Waals surface area contributed by atoms with E-state index in [4.69, 9.17) is 16.3 Å². The third-order valence-electron chi connectivity index (χ3n) is 2.95. The van der Waals surface area contributed by atoms with Gasteiger partial charge in [0.2, 0.25) is 0 Å². The van der Waals surface area contributed by atoms with Gasteiger partial charge in [-0.1, -0.05) is 17.7 Å². The van der Waals surface area contributed by atoms with Gasteiger partial charge in [-0.25, -0.2) is 4.79 Å². The Hall–Kier alpha value is -0.740. The fraction of sp³-hybridized carbons (Fsp3) is 0.500. The van der Waals surface area contributed by atoms with Gasteiger partial charge in [-0.05, 0) is 54.4 Å². The number of benzene rings is 1. The molecule has 0 bridgehead atoms. The minimum absolute atomic E-state index is 0.239. The van der Waals surface area contributed by atoms with Gasteiger partial charge >= 0.3 is 6.09 Å². The smallest absolute Gasteiger partial charge is 0.410 e. The second kappa shape index (κ2) is 5.33. The van der Waals surface area contributed by atoms with Crippen LogP contribution in [0.5, 0.6) is 0 Å². The van der Waals surface area contributed by atoms with E-state index in [1.54, 1.807) is 4.90 Å². The first kappa shape index (κ1) is 14.7. The summed E-state index contributed by atoms with van der Waals surface area (Å²) in [6.45, 7) is 7.02. The summed E-state index contributed by atoms with van der Waals surface area (Å²) in [7, 11) is 0. The lowest BCUT2D eigenvalue weighted by atomic mass is 9.92. The van der Waals surface area contributed by atoms with E-state index in [1.807, 2.05) is 39.0 Å². The van der Waals surface area contributed by atoms with Gasteiger partial charge in [0.1, 0.15) is 5.60 Å². The molecule has 0 unspecified atom stereocenters. The van der Waals surface area contributed by atoms with Gasteiger partial charge in [0.05, 0.1) is 5.02 Å². The number of ether oxygens (including phenoxy) is 1. The van der Waals surface area contributed by atoms with Gasteiger partial charge in [0, 0.05) is 23.5 Å². The Bertz CT molecular complexity index is 493. The Morgan fingerprint density at radius 2 is 2.05 bits per heavy atom. The molecule has 1 amide bonds. The van der Waals surface area contributed by atoms with Crippen LogP contribution in [0.2, 0.25) is 5.02 Å². The molecule has 0 spiro atoms. The highest BCUT2D eigenvalue weighted by Crippen LogP contribution is 2.32. The van der Waals surface area contributed by atoms with Crippen molar-refractivity contribution in [3.8, 4) is 0 Å². The number of likely N-dealkylation sites (tertiary alicyclic amines) is 1. The highest BCUT2D eigenvalue weighted by Gasteiger charge is 2.34. The molecule has 1 aromatic carbocycles. The summed E-state index contributed by atoms with van der Waals surface area (Å²) in [4.78, 5) is 13.5. The molecule has 19 heavy (non-hydrogen) atoms. The first-order valence-electron chi connectivity index (χ1n) is 6.19. The van der Waals surface area contributed by atoms with Crippen molar-refractivity contribution in [2.75, 3.05) is 13.1 Å². The standard InChI is InChI=1S/C14H17BrClNO2/c1-14(2,3)19-13(18)17-7-10(8-17)9-4-5-12(16)11(15)6-9/h4-6,10H,7-8H2,1-3H3. The molecule has 1 aliphatic heterocycles. The quantitative estimate of drug-likeness (QED) is 0.752. The molecule has 3 nitrogen and oxygen atoms in total. The van der Waals surface area contributed by atoms with Crippen molar-refractivity contribution < 1.29 is 9.53 Å². The number of amides is 1. The largest absolute Gasteiger partial charge is 0.444 e. The predicted octanol–water partition coefficient (Wildman–Crippen LogP) is 4.44. The molecule has 0 aliphatic carbocycles. The van der Waals surface area contributed by atoms with Gasteiger partial charge in [0.25, 0.3) is 0 Å². The van der Waals surface area contributed by atoms with Crippen LogP contribution < -0.4 is 0 Å². The van der Waals surface area contributed by atoms with Crippen molar-refractivity contribution in [2.45, 2.75) is 32.3 Å². The molecular weight excluding hydrogens is 330 g/mol. The van der Waals surface area contributed by atoms with Crippen LogP contribution in [0.1, 0.15) is 32.3 Å². The van der Waals surface area contributed by atoms with Gasteiger partial charge in [-0.2, -0.15) is 0 Å². The molecule has 0 N–H and O–H groups in total. The number of rotatable bonds is 1. The lowest BCUT2D eigenvalue weighted by molar-refractivity contribution is 0.00819. The van der Waals surface area contributed by atoms with Crippen molar-refractivity contribution in [3.05, 3.63) is 33.3 Å². The number of halogens is 2. The molecule has 1 aliphatic rings. The maximum absolute atomic E-state index is 11.8. The normalized spacial score (nSPS) is 16.2. The summed E-state index contributed by atoms with van der Waals surface area (Å²) in [5.41, 5.74) is 0.752. The lowest BCUT2D eigenvalue weighted by Crippen LogP contribution is -2.50. The van der Waals surface area contributed by atoms with Gasteiger partial charge in [-0.15, -0.1) is 0 Å². The van der Waals surface area contributed by atoms with Crippen LogP contribution in [-0.2, 0) is 4.74 Å². The van der Waals surface area contributed by atoms with Crippen LogP contribution >= 0.6 is 27.5 Å². The number of carbonyl (C=O) groups is 1. The van der Waals surface area contributed by atoms with E-state index in [1.165, 1.54) is 5.56 Å². The lowest BCUT2D eigenvalue weighted by Gasteiger charge is -2.40. The van der Waals surface area contributed by atoms with E-state index in [-0.39, 0.29) is 6.09 Å². The topological polar surface area (TPSA) is 29.5 Å². The Balaban J connectivity index is 1.92. The Kier molecular flexibility index (Phi) is 4.11. The molecule has 0 aromatic heterocycles. The number of hydrogen-bond donors (Lipinski definition) is 0. The van der Waals surface area contributed by atoms with Crippen LogP contribution in [-0.4, -0.2) is 29.7 Å². The molecule has 1 saturated heterocycles. The van der Waals surface area contributed by atoms with Crippen molar-refractivity contribution in [1.82, 2.24) is 4.90 Å². The second-order valence-electron chi connectivity index (χ2n) is 5.76. The average Bonchev–Trinajstić information content (AvgIpc) is 2.18. The minimum Gasteiger partial charge on any atom is -0.444 e. The average molecular weight is 347 g/mol. The highest BCUT2D eigenvalue weighted by molar-refractivity contribution is 9.10. The fourth-order valence-corrected chi connectivity index (χ4v) is 2.45. The predicted molar refractivity (Wildman–Crippen MR) is 79.7 cm³/mol. The summed E-state index contributed by atoms with van der Waals surface area (Å²) >= 11 is 9.38. The van der Waals surface area contributed by atoms with Crippen molar-refractivity contribution in [3.63, 3.8) is 0 Å². The fourth-order valence-electron chi connectivity index (χ4n) is 1.93. The Labute approximate surface area is 127 Å². The van der Waals surface area contributed by atoms with E-state index >= 15 is 0 Å². The van der Waals surface area contributed by atoms with E-state index in [9.17, 15) is 4.79 Å². The van der Waals surface area contributed by atoms with Crippen LogP contribution in [0, 0.1) is 0 Å². The zero-order valence-electron chi connectivity index (χ0n) is 11.2. The molecule has 1 heterocycles. The van der Waals surface area contributed by atoms with Crippen LogP contribution in [0.3, 0.4) is 0 Å². The molecule has 0 saturated carbocycles. The maximum atomic E-state index is 11.8. The van der Waals surface area contributed by atoms with E-state index in [0.717, 1.165) is 4.47 Å². The zero-order valence-corrected chi connectivity index (χ0v) is 13.6. The van der Waals surface area contributed by atoms with Gasteiger partial charge in [-0.3, -0.25) is 0 Å². The number of carbonyl (C=O) groups excluding carboxylic acids is 1. The summed E-state index contributed by atoms with van der Waals surface area (Å²) in [6, 6.07) is 5.89. The highest BCUT2D eigenvalue weighted by atomic mass is 79.9. The number of hydrogen-bond acceptors (Lipinski definition) is 2. The summed E-state index contributed by atoms with van der Waals surface area (Å²) in [5, 5.41) is 0.701. The molecule has 0 radical (unpaired) electrons. The monoisotopic (exact) mass is 345 g/mol. The van der Waals surface area contributed by atoms with Gasteiger partial charge in [0.15, 0.2) is 0 Å². The number of nitrogens with zero attached hydrogens (tertiary/aromatic N) is 1. The molecule has 104 valence electrons. The van der Waals surface area contributed by atoms with Crippen LogP contribution in [0.4, 0.5) is 4.79 Å². The summed E-state index contributed by atoms with van der Waals surface area (Å²) in [5.74, 6) is 0.362. The Morgan fingerprint density at radius 1 is 1.42 bits per heavy atom. The first-order chi connectivity index (χ1) is 8.76. The van der Waals surface area contributed by atoms with Gasteiger partial charge < -0.3 is 9.64 Å². The molecule has 1 fully saturated rings. The summed E-state index contributed by atoms with van der Waals surface area (Å²) in [6.07, 6.45) is -0.239. The van der Waals surface area contributed by atoms with E-state index in [0.29, 0.717) is 24.0 Å². The third kappa shape index (κ3) is 3.63. The van der Waals surface area contributed by atoms with Crippen molar-refractivity contribution >= 4 is 33.6 Å². The Morgan fingerprint density at radius 3 is 2.58 bits per heavy atom. The molecule has 0 atom stereocenters.